The van der Waals surface area contributed by atoms with Crippen LogP contribution in [0, 0.1) is 11.7 Å². The molecule has 3 nitrogen and oxygen atoms in total. The fourth-order valence-corrected chi connectivity index (χ4v) is 2.72. The first-order valence-corrected chi connectivity index (χ1v) is 7.33. The maximum absolute atomic E-state index is 13.2. The van der Waals surface area contributed by atoms with Gasteiger partial charge in [-0.05, 0) is 42.5 Å². The van der Waals surface area contributed by atoms with E-state index in [1.165, 1.54) is 12.1 Å². The highest BCUT2D eigenvalue weighted by molar-refractivity contribution is 9.10. The van der Waals surface area contributed by atoms with Crippen LogP contribution < -0.4 is 5.73 Å². The summed E-state index contributed by atoms with van der Waals surface area (Å²) in [5.74, 6) is 1.07. The van der Waals surface area contributed by atoms with Gasteiger partial charge >= 0.3 is 0 Å². The number of likely N-dealkylation sites (tertiary alicyclic amines) is 1. The second-order valence-electron chi connectivity index (χ2n) is 5.12. The van der Waals surface area contributed by atoms with E-state index in [-0.39, 0.29) is 5.82 Å². The van der Waals surface area contributed by atoms with E-state index in [1.54, 1.807) is 0 Å². The number of hydrogen-bond donors (Lipinski definition) is 1. The fourth-order valence-electron chi connectivity index (χ4n) is 2.21. The van der Waals surface area contributed by atoms with Gasteiger partial charge in [0.2, 0.25) is 0 Å². The Morgan fingerprint density at radius 3 is 2.74 bits per heavy atom. The Kier molecular flexibility index (Phi) is 4.80. The van der Waals surface area contributed by atoms with Gasteiger partial charge < -0.3 is 10.6 Å². The number of guanidine groups is 1. The lowest BCUT2D eigenvalue weighted by molar-refractivity contribution is 0.277. The molecule has 5 heteroatoms. The molecule has 0 unspecified atom stereocenters. The van der Waals surface area contributed by atoms with Gasteiger partial charge in [-0.3, -0.25) is 0 Å². The Balaban J connectivity index is 1.97. The summed E-state index contributed by atoms with van der Waals surface area (Å²) in [4.78, 5) is 6.46. The van der Waals surface area contributed by atoms with Crippen molar-refractivity contribution in [3.63, 3.8) is 0 Å². The van der Waals surface area contributed by atoms with Crippen molar-refractivity contribution < 1.29 is 4.39 Å². The molecule has 0 atom stereocenters. The molecular formula is C14H19BrFN3. The maximum atomic E-state index is 13.2. The third-order valence-electron chi connectivity index (χ3n) is 3.45. The molecular weight excluding hydrogens is 309 g/mol. The van der Waals surface area contributed by atoms with E-state index in [2.05, 4.69) is 32.7 Å². The van der Waals surface area contributed by atoms with Gasteiger partial charge in [0.15, 0.2) is 5.96 Å². The minimum absolute atomic E-state index is 0.259. The lowest BCUT2D eigenvalue weighted by Crippen LogP contribution is -2.42. The number of aliphatic imine (C=N–C) groups is 1. The van der Waals surface area contributed by atoms with Crippen molar-refractivity contribution in [2.75, 3.05) is 13.1 Å². The van der Waals surface area contributed by atoms with Gasteiger partial charge in [0.05, 0.1) is 6.54 Å². The maximum Gasteiger partial charge on any atom is 0.191 e. The van der Waals surface area contributed by atoms with Gasteiger partial charge in [0, 0.05) is 17.6 Å². The number of nitrogens with zero attached hydrogens (tertiary/aromatic N) is 2. The molecule has 1 heterocycles. The highest BCUT2D eigenvalue weighted by Gasteiger charge is 2.16. The number of hydrogen-bond acceptors (Lipinski definition) is 1. The quantitative estimate of drug-likeness (QED) is 0.669. The first-order valence-electron chi connectivity index (χ1n) is 6.54. The van der Waals surface area contributed by atoms with Crippen molar-refractivity contribution in [3.8, 4) is 0 Å². The normalized spacial score (nSPS) is 17.8. The molecule has 2 N–H and O–H groups in total. The molecule has 1 aromatic carbocycles. The zero-order valence-electron chi connectivity index (χ0n) is 11.1. The van der Waals surface area contributed by atoms with Gasteiger partial charge in [-0.15, -0.1) is 0 Å². The third kappa shape index (κ3) is 4.20. The van der Waals surface area contributed by atoms with E-state index in [4.69, 9.17) is 5.73 Å². The monoisotopic (exact) mass is 327 g/mol. The average molecular weight is 328 g/mol. The molecule has 1 fully saturated rings. The van der Waals surface area contributed by atoms with E-state index in [0.29, 0.717) is 12.5 Å². The molecule has 0 aliphatic carbocycles. The molecule has 0 aromatic heterocycles. The minimum Gasteiger partial charge on any atom is -0.370 e. The van der Waals surface area contributed by atoms with E-state index in [0.717, 1.165) is 41.9 Å². The summed E-state index contributed by atoms with van der Waals surface area (Å²) in [5.41, 5.74) is 6.81. The van der Waals surface area contributed by atoms with Crippen LogP contribution in [0.15, 0.2) is 27.7 Å². The predicted molar refractivity (Wildman–Crippen MR) is 79.4 cm³/mol. The van der Waals surface area contributed by atoms with Crippen LogP contribution in [0.5, 0.6) is 0 Å². The summed E-state index contributed by atoms with van der Waals surface area (Å²) in [7, 11) is 0. The smallest absolute Gasteiger partial charge is 0.191 e. The van der Waals surface area contributed by atoms with Crippen LogP contribution in [0.25, 0.3) is 0 Å². The Morgan fingerprint density at radius 1 is 1.42 bits per heavy atom. The van der Waals surface area contributed by atoms with E-state index in [1.807, 2.05) is 6.07 Å². The molecule has 0 bridgehead atoms. The second kappa shape index (κ2) is 6.37. The summed E-state index contributed by atoms with van der Waals surface area (Å²) in [6, 6.07) is 4.78. The Labute approximate surface area is 121 Å². The minimum atomic E-state index is -0.259. The van der Waals surface area contributed by atoms with Crippen LogP contribution in [0.1, 0.15) is 25.3 Å². The third-order valence-corrected chi connectivity index (χ3v) is 3.91. The molecule has 104 valence electrons. The van der Waals surface area contributed by atoms with Crippen LogP contribution in [0.4, 0.5) is 4.39 Å². The van der Waals surface area contributed by atoms with Crippen molar-refractivity contribution in [1.29, 1.82) is 0 Å². The van der Waals surface area contributed by atoms with Crippen LogP contribution in [0.2, 0.25) is 0 Å². The van der Waals surface area contributed by atoms with Crippen molar-refractivity contribution in [2.45, 2.75) is 26.3 Å². The zero-order valence-corrected chi connectivity index (χ0v) is 12.7. The zero-order chi connectivity index (χ0) is 13.8. The summed E-state index contributed by atoms with van der Waals surface area (Å²) in [6.45, 7) is 4.59. The number of halogens is 2. The van der Waals surface area contributed by atoms with Gasteiger partial charge in [-0.2, -0.15) is 0 Å². The summed E-state index contributed by atoms with van der Waals surface area (Å²) in [6.07, 6.45) is 2.31. The summed E-state index contributed by atoms with van der Waals surface area (Å²) >= 11 is 3.27. The first kappa shape index (κ1) is 14.3. The lowest BCUT2D eigenvalue weighted by Gasteiger charge is -2.31. The largest absolute Gasteiger partial charge is 0.370 e. The molecule has 0 spiro atoms. The lowest BCUT2D eigenvalue weighted by atomic mass is 10.00. The molecule has 1 aromatic rings. The SMILES string of the molecule is CC1CCN(C(N)=NCc2cc(F)cc(Br)c2)CC1. The van der Waals surface area contributed by atoms with Crippen LogP contribution >= 0.6 is 15.9 Å². The van der Waals surface area contributed by atoms with Crippen LogP contribution in [-0.4, -0.2) is 23.9 Å². The molecule has 0 saturated carbocycles. The van der Waals surface area contributed by atoms with Crippen molar-refractivity contribution in [3.05, 3.63) is 34.1 Å². The van der Waals surface area contributed by atoms with Gasteiger partial charge in [-0.25, -0.2) is 9.38 Å². The van der Waals surface area contributed by atoms with E-state index in [9.17, 15) is 4.39 Å². The molecule has 1 saturated heterocycles. The van der Waals surface area contributed by atoms with Crippen molar-refractivity contribution >= 4 is 21.9 Å². The number of nitrogens with two attached hydrogens (primary N) is 1. The summed E-state index contributed by atoms with van der Waals surface area (Å²) < 4.78 is 14.0. The van der Waals surface area contributed by atoms with Crippen LogP contribution in [-0.2, 0) is 6.54 Å². The van der Waals surface area contributed by atoms with Crippen molar-refractivity contribution in [1.82, 2.24) is 4.90 Å². The summed E-state index contributed by atoms with van der Waals surface area (Å²) in [5, 5.41) is 0. The van der Waals surface area contributed by atoms with E-state index < -0.39 is 0 Å². The molecule has 2 rings (SSSR count). The van der Waals surface area contributed by atoms with Crippen LogP contribution in [0.3, 0.4) is 0 Å². The van der Waals surface area contributed by atoms with Gasteiger partial charge in [0.1, 0.15) is 5.82 Å². The topological polar surface area (TPSA) is 41.6 Å². The first-order chi connectivity index (χ1) is 9.04. The Bertz CT molecular complexity index is 448. The standard InChI is InChI=1S/C14H19BrFN3/c1-10-2-4-19(5-3-10)14(17)18-9-11-6-12(15)8-13(16)7-11/h6-8,10H,2-5,9H2,1H3,(H2,17,18). The average Bonchev–Trinajstić information content (AvgIpc) is 2.36. The Morgan fingerprint density at radius 2 is 2.11 bits per heavy atom. The predicted octanol–water partition coefficient (Wildman–Crippen LogP) is 3.13. The van der Waals surface area contributed by atoms with Gasteiger partial charge in [0.25, 0.3) is 0 Å². The highest BCUT2D eigenvalue weighted by atomic mass is 79.9. The van der Waals surface area contributed by atoms with E-state index >= 15 is 0 Å². The second-order valence-corrected chi connectivity index (χ2v) is 6.04. The number of piperidine rings is 1. The molecule has 0 amide bonds. The van der Waals surface area contributed by atoms with Crippen molar-refractivity contribution in [2.24, 2.45) is 16.6 Å². The number of rotatable bonds is 2. The van der Waals surface area contributed by atoms with Gasteiger partial charge in [-0.1, -0.05) is 22.9 Å². The molecule has 19 heavy (non-hydrogen) atoms. The molecule has 0 radical (unpaired) electrons. The molecule has 1 aliphatic heterocycles. The highest BCUT2D eigenvalue weighted by Crippen LogP contribution is 2.17. The fraction of sp³-hybridized carbons (Fsp3) is 0.500. The number of benzene rings is 1. The molecule has 1 aliphatic rings. The Hall–Kier alpha value is -1.10.